The van der Waals surface area contributed by atoms with E-state index in [2.05, 4.69) is 15.1 Å². The maximum absolute atomic E-state index is 13.4. The van der Waals surface area contributed by atoms with Gasteiger partial charge in [0, 0.05) is 43.9 Å². The van der Waals surface area contributed by atoms with Crippen molar-refractivity contribution in [3.8, 4) is 17.0 Å². The zero-order valence-electron chi connectivity index (χ0n) is 22.2. The first-order chi connectivity index (χ1) is 18.5. The van der Waals surface area contributed by atoms with E-state index in [9.17, 15) is 9.59 Å². The highest BCUT2D eigenvalue weighted by Crippen LogP contribution is 2.30. The third-order valence-electron chi connectivity index (χ3n) is 7.37. The van der Waals surface area contributed by atoms with Gasteiger partial charge in [-0.05, 0) is 80.1 Å². The van der Waals surface area contributed by atoms with Gasteiger partial charge in [-0.1, -0.05) is 18.2 Å². The first-order valence-electron chi connectivity index (χ1n) is 13.4. The normalized spacial score (nSPS) is 15.6. The van der Waals surface area contributed by atoms with E-state index in [0.717, 1.165) is 54.2 Å². The molecule has 1 aliphatic carbocycles. The Hall–Kier alpha value is -3.94. The number of aryl methyl sites for hydroxylation is 1. The molecular formula is C30H35N5O3. The number of ether oxygens (including phenoxy) is 1. The Morgan fingerprint density at radius 1 is 0.947 bits per heavy atom. The molecule has 5 rings (SSSR count). The summed E-state index contributed by atoms with van der Waals surface area (Å²) in [7, 11) is 1.65. The van der Waals surface area contributed by atoms with E-state index in [1.165, 1.54) is 0 Å². The summed E-state index contributed by atoms with van der Waals surface area (Å²) in [6.45, 7) is 5.46. The minimum absolute atomic E-state index is 0.00960. The van der Waals surface area contributed by atoms with Crippen molar-refractivity contribution in [3.05, 3.63) is 71.8 Å². The van der Waals surface area contributed by atoms with E-state index in [1.807, 2.05) is 72.5 Å². The number of hydrogen-bond donors (Lipinski definition) is 0. The quantitative estimate of drug-likeness (QED) is 0.452. The summed E-state index contributed by atoms with van der Waals surface area (Å²) >= 11 is 0. The number of nitrogens with zero attached hydrogens (tertiary/aromatic N) is 5. The van der Waals surface area contributed by atoms with Gasteiger partial charge in [0.15, 0.2) is 5.82 Å². The maximum Gasteiger partial charge on any atom is 0.254 e. The van der Waals surface area contributed by atoms with Crippen LogP contribution in [0.2, 0.25) is 0 Å². The molecule has 8 heteroatoms. The second-order valence-electron chi connectivity index (χ2n) is 10.2. The average molecular weight is 514 g/mol. The molecule has 38 heavy (non-hydrogen) atoms. The molecule has 1 saturated heterocycles. The highest BCUT2D eigenvalue weighted by atomic mass is 16.5. The highest BCUT2D eigenvalue weighted by molar-refractivity contribution is 5.97. The molecule has 0 N–H and O–H groups in total. The van der Waals surface area contributed by atoms with Crippen LogP contribution >= 0.6 is 0 Å². The maximum atomic E-state index is 13.4. The Labute approximate surface area is 224 Å². The molecule has 1 aliphatic heterocycles. The van der Waals surface area contributed by atoms with E-state index in [0.29, 0.717) is 37.7 Å². The van der Waals surface area contributed by atoms with E-state index in [4.69, 9.17) is 4.74 Å². The molecule has 1 saturated carbocycles. The predicted octanol–water partition coefficient (Wildman–Crippen LogP) is 4.05. The third-order valence-corrected chi connectivity index (χ3v) is 7.37. The Bertz CT molecular complexity index is 1260. The molecule has 0 bridgehead atoms. The summed E-state index contributed by atoms with van der Waals surface area (Å²) < 4.78 is 5.23. The van der Waals surface area contributed by atoms with Gasteiger partial charge in [-0.2, -0.15) is 0 Å². The Morgan fingerprint density at radius 2 is 1.74 bits per heavy atom. The molecule has 198 valence electrons. The van der Waals surface area contributed by atoms with Crippen molar-refractivity contribution in [1.82, 2.24) is 20.0 Å². The molecule has 2 fully saturated rings. The third kappa shape index (κ3) is 6.13. The molecule has 0 unspecified atom stereocenters. The van der Waals surface area contributed by atoms with Gasteiger partial charge in [-0.15, -0.1) is 10.2 Å². The summed E-state index contributed by atoms with van der Waals surface area (Å²) in [5.41, 5.74) is 3.40. The molecule has 0 atom stereocenters. The second kappa shape index (κ2) is 11.6. The minimum Gasteiger partial charge on any atom is -0.497 e. The van der Waals surface area contributed by atoms with Crippen LogP contribution in [-0.2, 0) is 4.79 Å². The summed E-state index contributed by atoms with van der Waals surface area (Å²) in [5.74, 6) is 2.08. The number of carbonyl (C=O) groups is 2. The van der Waals surface area contributed by atoms with Crippen LogP contribution < -0.4 is 9.64 Å². The van der Waals surface area contributed by atoms with E-state index < -0.39 is 0 Å². The number of benzene rings is 2. The van der Waals surface area contributed by atoms with Crippen molar-refractivity contribution in [2.45, 2.75) is 26.2 Å². The van der Waals surface area contributed by atoms with Gasteiger partial charge in [0.25, 0.3) is 5.91 Å². The molecule has 1 aromatic heterocycles. The van der Waals surface area contributed by atoms with Crippen molar-refractivity contribution in [3.63, 3.8) is 0 Å². The number of anilines is 1. The number of hydrogen-bond acceptors (Lipinski definition) is 6. The van der Waals surface area contributed by atoms with Gasteiger partial charge < -0.3 is 19.4 Å². The van der Waals surface area contributed by atoms with Crippen molar-refractivity contribution < 1.29 is 14.3 Å². The van der Waals surface area contributed by atoms with Crippen LogP contribution in [0.15, 0.2) is 60.7 Å². The second-order valence-corrected chi connectivity index (χ2v) is 10.2. The van der Waals surface area contributed by atoms with Crippen LogP contribution in [0.1, 0.15) is 35.2 Å². The monoisotopic (exact) mass is 513 g/mol. The Balaban J connectivity index is 1.20. The minimum atomic E-state index is -0.0491. The molecule has 0 radical (unpaired) electrons. The first kappa shape index (κ1) is 25.7. The fraction of sp³-hybridized carbons (Fsp3) is 0.400. The number of carbonyl (C=O) groups excluding carboxylic acids is 2. The predicted molar refractivity (Wildman–Crippen MR) is 147 cm³/mol. The lowest BCUT2D eigenvalue weighted by Crippen LogP contribution is -2.45. The topological polar surface area (TPSA) is 78.9 Å². The van der Waals surface area contributed by atoms with Crippen molar-refractivity contribution in [1.29, 1.82) is 0 Å². The number of methoxy groups -OCH3 is 1. The lowest BCUT2D eigenvalue weighted by atomic mass is 10.1. The molecule has 2 aliphatic rings. The van der Waals surface area contributed by atoms with Crippen molar-refractivity contribution in [2.24, 2.45) is 5.92 Å². The molecule has 2 heterocycles. The van der Waals surface area contributed by atoms with Gasteiger partial charge in [-0.3, -0.25) is 9.59 Å². The summed E-state index contributed by atoms with van der Waals surface area (Å²) in [5, 5.41) is 8.91. The van der Waals surface area contributed by atoms with Crippen LogP contribution in [0.25, 0.3) is 11.3 Å². The highest BCUT2D eigenvalue weighted by Gasteiger charge is 2.30. The fourth-order valence-electron chi connectivity index (χ4n) is 4.88. The van der Waals surface area contributed by atoms with Crippen molar-refractivity contribution in [2.75, 3.05) is 51.3 Å². The zero-order chi connectivity index (χ0) is 26.5. The summed E-state index contributed by atoms with van der Waals surface area (Å²) in [6, 6.07) is 19.3. The van der Waals surface area contributed by atoms with Gasteiger partial charge in [0.05, 0.1) is 12.8 Å². The lowest BCUT2D eigenvalue weighted by molar-refractivity contribution is -0.131. The SMILES string of the molecule is COc1ccc(-c2ccc(N3CCCN(C(=O)CN(CC4CC4)C(=O)c4ccccc4C)CC3)nn2)cc1. The van der Waals surface area contributed by atoms with E-state index in [1.54, 1.807) is 12.0 Å². The standard InChI is InChI=1S/C30H35N5O3/c1-22-6-3-4-7-26(22)30(37)35(20-23-8-9-23)21-29(36)34-17-5-16-33(18-19-34)28-15-14-27(31-32-28)24-10-12-25(38-2)13-11-24/h3-4,6-7,10-15,23H,5,8-9,16-21H2,1-2H3. The van der Waals surface area contributed by atoms with Gasteiger partial charge in [0.2, 0.25) is 5.91 Å². The zero-order valence-corrected chi connectivity index (χ0v) is 22.2. The number of amides is 2. The van der Waals surface area contributed by atoms with Gasteiger partial charge >= 0.3 is 0 Å². The van der Waals surface area contributed by atoms with Crippen LogP contribution in [0.4, 0.5) is 5.82 Å². The number of rotatable bonds is 8. The lowest BCUT2D eigenvalue weighted by Gasteiger charge is -2.27. The fourth-order valence-corrected chi connectivity index (χ4v) is 4.88. The average Bonchev–Trinajstić information content (AvgIpc) is 3.80. The van der Waals surface area contributed by atoms with Crippen LogP contribution in [0.3, 0.4) is 0 Å². The van der Waals surface area contributed by atoms with E-state index >= 15 is 0 Å². The number of aromatic nitrogens is 2. The molecule has 2 amide bonds. The Morgan fingerprint density at radius 3 is 2.42 bits per heavy atom. The molecule has 3 aromatic rings. The van der Waals surface area contributed by atoms with Gasteiger partial charge in [0.1, 0.15) is 12.3 Å². The van der Waals surface area contributed by atoms with Crippen LogP contribution in [-0.4, -0.2) is 78.2 Å². The van der Waals surface area contributed by atoms with Crippen LogP contribution in [0.5, 0.6) is 5.75 Å². The molecule has 0 spiro atoms. The summed E-state index contributed by atoms with van der Waals surface area (Å²) in [4.78, 5) is 32.5. The van der Waals surface area contributed by atoms with Crippen molar-refractivity contribution >= 4 is 17.6 Å². The van der Waals surface area contributed by atoms with E-state index in [-0.39, 0.29) is 18.4 Å². The molecule has 8 nitrogen and oxygen atoms in total. The molecule has 2 aromatic carbocycles. The largest absolute Gasteiger partial charge is 0.497 e. The van der Waals surface area contributed by atoms with Crippen LogP contribution in [0, 0.1) is 12.8 Å². The van der Waals surface area contributed by atoms with Gasteiger partial charge in [-0.25, -0.2) is 0 Å². The first-order valence-corrected chi connectivity index (χ1v) is 13.4. The summed E-state index contributed by atoms with van der Waals surface area (Å²) in [6.07, 6.45) is 3.09. The molecular weight excluding hydrogens is 478 g/mol. The Kier molecular flexibility index (Phi) is 7.86. The smallest absolute Gasteiger partial charge is 0.254 e.